The molecule has 0 aliphatic heterocycles. The van der Waals surface area contributed by atoms with Gasteiger partial charge in [0.1, 0.15) is 0 Å². The molecule has 0 heterocycles. The molecule has 0 aromatic rings. The number of ether oxygens (including phenoxy) is 1. The van der Waals surface area contributed by atoms with Crippen molar-refractivity contribution in [3.05, 3.63) is 0 Å². The maximum Gasteiger partial charge on any atom is 0.0675 e. The van der Waals surface area contributed by atoms with E-state index in [4.69, 9.17) is 10.5 Å². The zero-order valence-corrected chi connectivity index (χ0v) is 12.1. The van der Waals surface area contributed by atoms with Crippen molar-refractivity contribution in [2.75, 3.05) is 13.2 Å². The van der Waals surface area contributed by atoms with Gasteiger partial charge in [-0.15, -0.1) is 0 Å². The summed E-state index contributed by atoms with van der Waals surface area (Å²) in [6.07, 6.45) is 6.14. The zero-order chi connectivity index (χ0) is 13.4. The zero-order valence-electron chi connectivity index (χ0n) is 12.1. The van der Waals surface area contributed by atoms with Gasteiger partial charge in [0.25, 0.3) is 0 Å². The second kappa shape index (κ2) is 5.10. The number of rotatable bonds is 5. The summed E-state index contributed by atoms with van der Waals surface area (Å²) in [4.78, 5) is 0. The summed E-state index contributed by atoms with van der Waals surface area (Å²) in [6.45, 7) is 7.51. The van der Waals surface area contributed by atoms with Gasteiger partial charge in [0.15, 0.2) is 0 Å². The summed E-state index contributed by atoms with van der Waals surface area (Å²) in [5.74, 6) is 1.19. The second-order valence-corrected chi connectivity index (χ2v) is 7.51. The summed E-state index contributed by atoms with van der Waals surface area (Å²) >= 11 is 0. The first kappa shape index (κ1) is 14.3. The highest BCUT2D eigenvalue weighted by atomic mass is 16.5. The van der Waals surface area contributed by atoms with Crippen LogP contribution in [0.4, 0.5) is 0 Å². The Bertz CT molecular complexity index is 288. The Balaban J connectivity index is 1.85. The van der Waals surface area contributed by atoms with Crippen molar-refractivity contribution < 1.29 is 9.84 Å². The van der Waals surface area contributed by atoms with Gasteiger partial charge in [-0.1, -0.05) is 20.8 Å². The monoisotopic (exact) mass is 255 g/mol. The van der Waals surface area contributed by atoms with Crippen molar-refractivity contribution in [1.29, 1.82) is 0 Å². The van der Waals surface area contributed by atoms with E-state index in [1.807, 2.05) is 0 Å². The second-order valence-electron chi connectivity index (χ2n) is 7.51. The molecule has 0 saturated heterocycles. The molecule has 0 aromatic heterocycles. The fraction of sp³-hybridized carbons (Fsp3) is 1.00. The molecule has 106 valence electrons. The third-order valence-electron chi connectivity index (χ3n) is 4.62. The Hall–Kier alpha value is -0.120. The van der Waals surface area contributed by atoms with E-state index < -0.39 is 5.54 Å². The molecule has 0 spiro atoms. The van der Waals surface area contributed by atoms with Crippen LogP contribution in [0.2, 0.25) is 0 Å². The van der Waals surface area contributed by atoms with E-state index in [2.05, 4.69) is 20.8 Å². The van der Waals surface area contributed by atoms with Gasteiger partial charge in [0.05, 0.1) is 24.9 Å². The fourth-order valence-corrected chi connectivity index (χ4v) is 3.61. The van der Waals surface area contributed by atoms with Crippen LogP contribution in [-0.4, -0.2) is 30.0 Å². The molecule has 2 aliphatic carbocycles. The Kier molecular flexibility index (Phi) is 4.05. The van der Waals surface area contributed by atoms with Gasteiger partial charge in [-0.25, -0.2) is 0 Å². The lowest BCUT2D eigenvalue weighted by Gasteiger charge is -2.40. The molecule has 3 N–H and O–H groups in total. The molecule has 0 radical (unpaired) electrons. The number of hydrogen-bond acceptors (Lipinski definition) is 3. The Labute approximate surface area is 111 Å². The van der Waals surface area contributed by atoms with Crippen LogP contribution < -0.4 is 5.73 Å². The van der Waals surface area contributed by atoms with Crippen LogP contribution in [0.5, 0.6) is 0 Å². The van der Waals surface area contributed by atoms with Crippen molar-refractivity contribution in [2.24, 2.45) is 23.0 Å². The van der Waals surface area contributed by atoms with Crippen molar-refractivity contribution >= 4 is 0 Å². The molecule has 2 aliphatic rings. The van der Waals surface area contributed by atoms with E-state index in [1.54, 1.807) is 0 Å². The molecule has 3 heteroatoms. The third-order valence-corrected chi connectivity index (χ3v) is 4.62. The average molecular weight is 255 g/mol. The summed E-state index contributed by atoms with van der Waals surface area (Å²) < 4.78 is 6.06. The van der Waals surface area contributed by atoms with Crippen LogP contribution in [0.1, 0.15) is 52.9 Å². The summed E-state index contributed by atoms with van der Waals surface area (Å²) in [5.41, 5.74) is 6.13. The maximum absolute atomic E-state index is 9.47. The molecule has 2 saturated carbocycles. The van der Waals surface area contributed by atoms with Crippen LogP contribution in [0, 0.1) is 17.3 Å². The van der Waals surface area contributed by atoms with Gasteiger partial charge >= 0.3 is 0 Å². The van der Waals surface area contributed by atoms with Crippen molar-refractivity contribution in [3.63, 3.8) is 0 Å². The molecular formula is C15H29NO2. The number of hydrogen-bond donors (Lipinski definition) is 2. The highest BCUT2D eigenvalue weighted by Crippen LogP contribution is 2.41. The number of nitrogens with two attached hydrogens (primary N) is 1. The van der Waals surface area contributed by atoms with Gasteiger partial charge in [-0.05, 0) is 49.4 Å². The predicted octanol–water partition coefficient (Wildman–Crippen LogP) is 2.32. The Morgan fingerprint density at radius 3 is 2.50 bits per heavy atom. The van der Waals surface area contributed by atoms with Gasteiger partial charge in [-0.2, -0.15) is 0 Å². The molecule has 18 heavy (non-hydrogen) atoms. The average Bonchev–Trinajstić information content (AvgIpc) is 3.07. The molecule has 0 amide bonds. The van der Waals surface area contributed by atoms with Crippen LogP contribution in [0.25, 0.3) is 0 Å². The first-order chi connectivity index (χ1) is 8.35. The van der Waals surface area contributed by atoms with Gasteiger partial charge in [-0.3, -0.25) is 0 Å². The largest absolute Gasteiger partial charge is 0.394 e. The summed E-state index contributed by atoms with van der Waals surface area (Å²) in [6, 6.07) is 0. The smallest absolute Gasteiger partial charge is 0.0675 e. The van der Waals surface area contributed by atoms with Gasteiger partial charge in [0.2, 0.25) is 0 Å². The normalized spacial score (nSPS) is 35.2. The minimum Gasteiger partial charge on any atom is -0.394 e. The summed E-state index contributed by atoms with van der Waals surface area (Å²) in [7, 11) is 0. The van der Waals surface area contributed by atoms with E-state index in [0.29, 0.717) is 24.0 Å². The van der Waals surface area contributed by atoms with Gasteiger partial charge in [0, 0.05) is 0 Å². The minimum atomic E-state index is -0.495. The van der Waals surface area contributed by atoms with E-state index in [9.17, 15) is 5.11 Å². The lowest BCUT2D eigenvalue weighted by atomic mass is 9.71. The topological polar surface area (TPSA) is 55.5 Å². The Morgan fingerprint density at radius 2 is 2.00 bits per heavy atom. The highest BCUT2D eigenvalue weighted by Gasteiger charge is 2.43. The molecular weight excluding hydrogens is 226 g/mol. The van der Waals surface area contributed by atoms with Crippen molar-refractivity contribution in [1.82, 2.24) is 0 Å². The van der Waals surface area contributed by atoms with Crippen LogP contribution in [0.15, 0.2) is 0 Å². The quantitative estimate of drug-likeness (QED) is 0.792. The minimum absolute atomic E-state index is 0.0450. The maximum atomic E-state index is 9.47. The van der Waals surface area contributed by atoms with E-state index >= 15 is 0 Å². The molecule has 0 bridgehead atoms. The molecule has 2 rings (SSSR count). The van der Waals surface area contributed by atoms with Crippen molar-refractivity contribution in [2.45, 2.75) is 64.5 Å². The highest BCUT2D eigenvalue weighted by molar-refractivity contribution is 4.98. The number of aliphatic hydroxyl groups is 1. The Morgan fingerprint density at radius 1 is 1.33 bits per heavy atom. The van der Waals surface area contributed by atoms with Crippen molar-refractivity contribution in [3.8, 4) is 0 Å². The van der Waals surface area contributed by atoms with Crippen LogP contribution >= 0.6 is 0 Å². The lowest BCUT2D eigenvalue weighted by Crippen LogP contribution is -2.51. The van der Waals surface area contributed by atoms with Gasteiger partial charge < -0.3 is 15.6 Å². The molecule has 3 nitrogen and oxygen atoms in total. The van der Waals surface area contributed by atoms with Crippen LogP contribution in [0.3, 0.4) is 0 Å². The molecule has 3 atom stereocenters. The SMILES string of the molecule is CC1CC(OCC(N)(CO)C2CC2)CC(C)(C)C1. The fourth-order valence-electron chi connectivity index (χ4n) is 3.61. The first-order valence-electron chi connectivity index (χ1n) is 7.36. The predicted molar refractivity (Wildman–Crippen MR) is 73.3 cm³/mol. The molecule has 3 unspecified atom stereocenters. The number of aliphatic hydroxyl groups excluding tert-OH is 1. The van der Waals surface area contributed by atoms with E-state index in [0.717, 1.165) is 31.6 Å². The molecule has 2 fully saturated rings. The lowest BCUT2D eigenvalue weighted by molar-refractivity contribution is -0.0527. The first-order valence-corrected chi connectivity index (χ1v) is 7.36. The third kappa shape index (κ3) is 3.46. The van der Waals surface area contributed by atoms with Crippen LogP contribution in [-0.2, 0) is 4.74 Å². The molecule has 0 aromatic carbocycles. The standard InChI is InChI=1S/C15H29NO2/c1-11-6-13(8-14(2,3)7-11)18-10-15(16,9-17)12-4-5-12/h11-13,17H,4-10,16H2,1-3H3. The van der Waals surface area contributed by atoms with E-state index in [-0.39, 0.29) is 6.61 Å². The van der Waals surface area contributed by atoms with E-state index in [1.165, 1.54) is 6.42 Å². The summed E-state index contributed by atoms with van der Waals surface area (Å²) in [5, 5.41) is 9.47.